The number of fused-ring (bicyclic) bond motifs is 4. The summed E-state index contributed by atoms with van der Waals surface area (Å²) in [7, 11) is -2.74. The lowest BCUT2D eigenvalue weighted by molar-refractivity contribution is 1.18. The van der Waals surface area contributed by atoms with Crippen LogP contribution in [0.4, 0.5) is 17.1 Å². The van der Waals surface area contributed by atoms with Crippen molar-refractivity contribution in [2.24, 2.45) is 0 Å². The number of para-hydroxylation sites is 2. The minimum Gasteiger partial charge on any atom is -0.310 e. The summed E-state index contributed by atoms with van der Waals surface area (Å²) in [6.07, 6.45) is 0. The maximum absolute atomic E-state index is 2.74. The molecule has 1 heterocycles. The molecule has 2 nitrogen and oxygen atoms in total. The van der Waals surface area contributed by atoms with Crippen molar-refractivity contribution in [2.75, 3.05) is 4.90 Å². The normalized spacial score (nSPS) is 11.6. The van der Waals surface area contributed by atoms with E-state index in [-0.39, 0.29) is 0 Å². The van der Waals surface area contributed by atoms with E-state index in [9.17, 15) is 0 Å². The van der Waals surface area contributed by atoms with E-state index in [0.717, 1.165) is 28.3 Å². The fourth-order valence-corrected chi connectivity index (χ4v) is 15.2. The fraction of sp³-hybridized carbons (Fsp3) is 0. The monoisotopic (exact) mass is 870 g/mol. The van der Waals surface area contributed by atoms with Crippen LogP contribution in [0.2, 0.25) is 0 Å². The second kappa shape index (κ2) is 17.1. The first kappa shape index (κ1) is 40.0. The fourth-order valence-electron chi connectivity index (χ4n) is 10.4. The Bertz CT molecular complexity index is 3560. The Morgan fingerprint density at radius 3 is 1.40 bits per heavy atom. The topological polar surface area (TPSA) is 8.17 Å². The number of hydrogen-bond donors (Lipinski definition) is 0. The van der Waals surface area contributed by atoms with Gasteiger partial charge >= 0.3 is 0 Å². The summed E-state index contributed by atoms with van der Waals surface area (Å²) in [5.41, 5.74) is 11.6. The van der Waals surface area contributed by atoms with Crippen LogP contribution in [0, 0.1) is 0 Å². The van der Waals surface area contributed by atoms with Gasteiger partial charge < -0.3 is 9.47 Å². The molecule has 0 radical (unpaired) electrons. The molecule has 0 aliphatic rings. The van der Waals surface area contributed by atoms with Crippen LogP contribution in [0.1, 0.15) is 0 Å². The lowest BCUT2D eigenvalue weighted by Crippen LogP contribution is -2.74. The van der Waals surface area contributed by atoms with E-state index in [2.05, 4.69) is 289 Å². The molecule has 0 bridgehead atoms. The number of hydrogen-bond acceptors (Lipinski definition) is 1. The maximum Gasteiger partial charge on any atom is 0.179 e. The molecule has 0 amide bonds. The summed E-state index contributed by atoms with van der Waals surface area (Å²) in [6.45, 7) is 0. The molecule has 12 aromatic rings. The molecular formula is C64H46N2Si. The van der Waals surface area contributed by atoms with Crippen molar-refractivity contribution >= 4 is 78.5 Å². The lowest BCUT2D eigenvalue weighted by atomic mass is 9.97. The van der Waals surface area contributed by atoms with E-state index in [1.54, 1.807) is 0 Å². The van der Waals surface area contributed by atoms with Crippen LogP contribution in [0.25, 0.3) is 60.5 Å². The quantitative estimate of drug-likeness (QED) is 0.0982. The smallest absolute Gasteiger partial charge is 0.179 e. The zero-order valence-electron chi connectivity index (χ0n) is 37.0. The molecule has 0 saturated heterocycles. The van der Waals surface area contributed by atoms with E-state index >= 15 is 0 Å². The number of aromatic nitrogens is 1. The number of rotatable bonds is 10. The summed E-state index contributed by atoms with van der Waals surface area (Å²) >= 11 is 0. The first-order valence-electron chi connectivity index (χ1n) is 23.1. The molecule has 3 heteroatoms. The molecular weight excluding hydrogens is 825 g/mol. The van der Waals surface area contributed by atoms with Crippen molar-refractivity contribution in [1.82, 2.24) is 4.57 Å². The van der Waals surface area contributed by atoms with Crippen LogP contribution in [0.15, 0.2) is 279 Å². The van der Waals surface area contributed by atoms with Crippen LogP contribution < -0.4 is 25.6 Å². The third-order valence-corrected chi connectivity index (χ3v) is 18.3. The van der Waals surface area contributed by atoms with Gasteiger partial charge in [-0.3, -0.25) is 0 Å². The Labute approximate surface area is 392 Å². The third kappa shape index (κ3) is 7.05. The van der Waals surface area contributed by atoms with Gasteiger partial charge in [0.25, 0.3) is 0 Å². The Balaban J connectivity index is 1.03. The minimum atomic E-state index is -2.74. The number of benzene rings is 11. The largest absolute Gasteiger partial charge is 0.310 e. The Morgan fingerprint density at radius 2 is 0.761 bits per heavy atom. The number of anilines is 3. The van der Waals surface area contributed by atoms with Gasteiger partial charge in [-0.15, -0.1) is 0 Å². The van der Waals surface area contributed by atoms with Gasteiger partial charge in [-0.2, -0.15) is 0 Å². The van der Waals surface area contributed by atoms with Crippen molar-refractivity contribution in [1.29, 1.82) is 0 Å². The predicted octanol–water partition coefficient (Wildman–Crippen LogP) is 14.1. The van der Waals surface area contributed by atoms with Gasteiger partial charge in [0.1, 0.15) is 0 Å². The molecule has 0 unspecified atom stereocenters. The molecule has 0 spiro atoms. The van der Waals surface area contributed by atoms with E-state index in [1.807, 2.05) is 0 Å². The highest BCUT2D eigenvalue weighted by Gasteiger charge is 2.41. The molecule has 0 atom stereocenters. The Kier molecular flexibility index (Phi) is 10.2. The zero-order chi connectivity index (χ0) is 44.6. The minimum absolute atomic E-state index is 1.09. The number of nitrogens with zero attached hydrogens (tertiary/aromatic N) is 2. The first-order valence-corrected chi connectivity index (χ1v) is 25.1. The van der Waals surface area contributed by atoms with Crippen molar-refractivity contribution in [2.45, 2.75) is 0 Å². The summed E-state index contributed by atoms with van der Waals surface area (Å²) in [5, 5.41) is 10.3. The van der Waals surface area contributed by atoms with Crippen LogP contribution in [0.3, 0.4) is 0 Å². The first-order chi connectivity index (χ1) is 33.2. The Hall–Kier alpha value is -8.50. The third-order valence-electron chi connectivity index (χ3n) is 13.5. The molecule has 11 aromatic carbocycles. The molecule has 0 aliphatic heterocycles. The Morgan fingerprint density at radius 1 is 0.299 bits per heavy atom. The molecule has 0 saturated carbocycles. The SMILES string of the molecule is c1ccc(-n2c3ccccc3c3c(N(c4ccc(-c5cccc(-c6ccc7ccccc7c6)c5)cc4)c4ccc([Si](c5ccccc5)(c5ccccc5)c5ccccc5)cc4)cccc32)cc1. The molecule has 0 aliphatic carbocycles. The van der Waals surface area contributed by atoms with E-state index in [1.165, 1.54) is 70.1 Å². The van der Waals surface area contributed by atoms with Crippen molar-refractivity contribution < 1.29 is 0 Å². The molecule has 0 N–H and O–H groups in total. The highest BCUT2D eigenvalue weighted by atomic mass is 28.3. The second-order valence-corrected chi connectivity index (χ2v) is 21.1. The molecule has 0 fully saturated rings. The van der Waals surface area contributed by atoms with Gasteiger partial charge in [0.15, 0.2) is 8.07 Å². The molecule has 12 rings (SSSR count). The molecule has 67 heavy (non-hydrogen) atoms. The predicted molar refractivity (Wildman–Crippen MR) is 287 cm³/mol. The van der Waals surface area contributed by atoms with Crippen LogP contribution in [0.5, 0.6) is 0 Å². The highest BCUT2D eigenvalue weighted by Crippen LogP contribution is 2.44. The van der Waals surface area contributed by atoms with Crippen molar-refractivity contribution in [3.63, 3.8) is 0 Å². The van der Waals surface area contributed by atoms with Gasteiger partial charge in [-0.1, -0.05) is 212 Å². The molecule has 316 valence electrons. The lowest BCUT2D eigenvalue weighted by Gasteiger charge is -2.35. The van der Waals surface area contributed by atoms with Crippen LogP contribution in [-0.4, -0.2) is 12.6 Å². The van der Waals surface area contributed by atoms with Gasteiger partial charge in [-0.05, 0) is 121 Å². The van der Waals surface area contributed by atoms with Gasteiger partial charge in [-0.25, -0.2) is 0 Å². The van der Waals surface area contributed by atoms with Crippen molar-refractivity contribution in [3.05, 3.63) is 279 Å². The second-order valence-electron chi connectivity index (χ2n) is 17.3. The van der Waals surface area contributed by atoms with Crippen molar-refractivity contribution in [3.8, 4) is 27.9 Å². The standard InChI is InChI=1S/C64H46N2Si/c1-5-23-53(24-6-1)66-61-32-16-15-31-60(61)64-62(33-18-34-63(64)66)65(54-39-37-48(38-40-54)50-21-17-22-51(45-50)52-36-35-47-19-13-14-20-49(47)46-52)55-41-43-59(44-42-55)67(56-25-7-2-8-26-56,57-27-9-3-10-28-57)58-29-11-4-12-30-58/h1-46H. The maximum atomic E-state index is 2.46. The summed E-state index contributed by atoms with van der Waals surface area (Å²) in [4.78, 5) is 2.46. The zero-order valence-corrected chi connectivity index (χ0v) is 38.0. The average Bonchev–Trinajstić information content (AvgIpc) is 3.76. The van der Waals surface area contributed by atoms with E-state index in [4.69, 9.17) is 0 Å². The van der Waals surface area contributed by atoms with Gasteiger partial charge in [0, 0.05) is 27.8 Å². The summed E-state index contributed by atoms with van der Waals surface area (Å²) in [5.74, 6) is 0. The van der Waals surface area contributed by atoms with Gasteiger partial charge in [0.2, 0.25) is 0 Å². The summed E-state index contributed by atoms with van der Waals surface area (Å²) in [6, 6.07) is 103. The van der Waals surface area contributed by atoms with E-state index in [0.29, 0.717) is 0 Å². The molecule has 1 aromatic heterocycles. The van der Waals surface area contributed by atoms with E-state index < -0.39 is 8.07 Å². The highest BCUT2D eigenvalue weighted by molar-refractivity contribution is 7.19. The van der Waals surface area contributed by atoms with Crippen LogP contribution in [-0.2, 0) is 0 Å². The van der Waals surface area contributed by atoms with Gasteiger partial charge in [0.05, 0.1) is 16.7 Å². The average molecular weight is 871 g/mol. The van der Waals surface area contributed by atoms with Crippen LogP contribution >= 0.6 is 0 Å². The summed E-state index contributed by atoms with van der Waals surface area (Å²) < 4.78 is 2.40.